The van der Waals surface area contributed by atoms with Crippen molar-refractivity contribution in [2.24, 2.45) is 0 Å². The van der Waals surface area contributed by atoms with E-state index in [1.165, 1.54) is 0 Å². The second kappa shape index (κ2) is 4.61. The van der Waals surface area contributed by atoms with Gasteiger partial charge in [0.05, 0.1) is 13.2 Å². The number of ether oxygens (including phenoxy) is 3. The number of hydrogen-bond acceptors (Lipinski definition) is 4. The number of alkyl carbamates (subject to hydrolysis) is 1. The van der Waals surface area contributed by atoms with E-state index in [0.717, 1.165) is 25.9 Å². The number of carbonyl (C=O) groups is 1. The number of nitrogens with one attached hydrogen (secondary N) is 1. The van der Waals surface area contributed by atoms with Crippen LogP contribution in [0.4, 0.5) is 4.79 Å². The van der Waals surface area contributed by atoms with Gasteiger partial charge < -0.3 is 19.5 Å². The Morgan fingerprint density at radius 1 is 1.50 bits per heavy atom. The molecule has 80 valence electrons. The van der Waals surface area contributed by atoms with Crippen LogP contribution < -0.4 is 5.32 Å². The summed E-state index contributed by atoms with van der Waals surface area (Å²) in [6, 6.07) is 0. The summed E-state index contributed by atoms with van der Waals surface area (Å²) in [5, 5.41) is 2.58. The highest BCUT2D eigenvalue weighted by molar-refractivity contribution is 5.69. The van der Waals surface area contributed by atoms with E-state index in [1.54, 1.807) is 0 Å². The van der Waals surface area contributed by atoms with Gasteiger partial charge in [-0.3, -0.25) is 0 Å². The molecule has 1 N–H and O–H groups in total. The van der Waals surface area contributed by atoms with Gasteiger partial charge in [-0.05, 0) is 19.3 Å². The zero-order valence-corrected chi connectivity index (χ0v) is 8.03. The molecule has 2 rings (SSSR count). The largest absolute Gasteiger partial charge is 0.442 e. The molecule has 2 aliphatic heterocycles. The molecule has 2 saturated heterocycles. The standard InChI is InChI=1S/C9H15NO4/c11-9-10-5-7(14-9)6-13-8-3-1-2-4-12-8/h7-8H,1-6H2,(H,10,11)/t7-,8+/m1/s1. The molecule has 2 heterocycles. The number of cyclic esters (lactones) is 1. The van der Waals surface area contributed by atoms with E-state index in [-0.39, 0.29) is 18.5 Å². The van der Waals surface area contributed by atoms with Crippen LogP contribution in [0.25, 0.3) is 0 Å². The monoisotopic (exact) mass is 201 g/mol. The van der Waals surface area contributed by atoms with Gasteiger partial charge in [-0.1, -0.05) is 0 Å². The van der Waals surface area contributed by atoms with Gasteiger partial charge in [-0.15, -0.1) is 0 Å². The molecule has 0 saturated carbocycles. The van der Waals surface area contributed by atoms with Crippen molar-refractivity contribution < 1.29 is 19.0 Å². The van der Waals surface area contributed by atoms with Crippen LogP contribution in [0.5, 0.6) is 0 Å². The van der Waals surface area contributed by atoms with Crippen molar-refractivity contribution in [3.05, 3.63) is 0 Å². The molecule has 5 heteroatoms. The fourth-order valence-electron chi connectivity index (χ4n) is 1.58. The molecule has 0 spiro atoms. The van der Waals surface area contributed by atoms with Crippen molar-refractivity contribution in [1.29, 1.82) is 0 Å². The summed E-state index contributed by atoms with van der Waals surface area (Å²) in [5.74, 6) is 0. The van der Waals surface area contributed by atoms with Crippen LogP contribution in [-0.2, 0) is 14.2 Å². The fourth-order valence-corrected chi connectivity index (χ4v) is 1.58. The van der Waals surface area contributed by atoms with Crippen molar-refractivity contribution in [2.75, 3.05) is 19.8 Å². The van der Waals surface area contributed by atoms with Gasteiger partial charge in [0, 0.05) is 6.61 Å². The van der Waals surface area contributed by atoms with E-state index >= 15 is 0 Å². The quantitative estimate of drug-likeness (QED) is 0.728. The van der Waals surface area contributed by atoms with E-state index in [9.17, 15) is 4.79 Å². The maximum atomic E-state index is 10.7. The van der Waals surface area contributed by atoms with Gasteiger partial charge >= 0.3 is 6.09 Å². The highest BCUT2D eigenvalue weighted by Crippen LogP contribution is 2.14. The first-order valence-corrected chi connectivity index (χ1v) is 5.02. The Bertz CT molecular complexity index is 203. The minimum Gasteiger partial charge on any atom is -0.442 e. The van der Waals surface area contributed by atoms with Crippen molar-refractivity contribution in [2.45, 2.75) is 31.7 Å². The third-order valence-corrected chi connectivity index (χ3v) is 2.35. The summed E-state index contributed by atoms with van der Waals surface area (Å²) >= 11 is 0. The lowest BCUT2D eigenvalue weighted by Crippen LogP contribution is -2.28. The summed E-state index contributed by atoms with van der Waals surface area (Å²) in [4.78, 5) is 10.7. The van der Waals surface area contributed by atoms with Crippen LogP contribution in [-0.4, -0.2) is 38.2 Å². The molecule has 0 unspecified atom stereocenters. The van der Waals surface area contributed by atoms with Crippen LogP contribution in [0.2, 0.25) is 0 Å². The molecular weight excluding hydrogens is 186 g/mol. The van der Waals surface area contributed by atoms with Crippen LogP contribution in [0.15, 0.2) is 0 Å². The average Bonchev–Trinajstić information content (AvgIpc) is 2.63. The molecule has 0 bridgehead atoms. The van der Waals surface area contributed by atoms with Gasteiger partial charge in [-0.25, -0.2) is 4.79 Å². The third kappa shape index (κ3) is 2.59. The van der Waals surface area contributed by atoms with E-state index in [2.05, 4.69) is 5.32 Å². The SMILES string of the molecule is O=C1NC[C@H](CO[C@H]2CCCCO2)O1. The summed E-state index contributed by atoms with van der Waals surface area (Å²) in [7, 11) is 0. The molecule has 0 aliphatic carbocycles. The second-order valence-electron chi connectivity index (χ2n) is 3.54. The van der Waals surface area contributed by atoms with Gasteiger partial charge in [0.1, 0.15) is 6.10 Å². The van der Waals surface area contributed by atoms with Crippen LogP contribution in [0.3, 0.4) is 0 Å². The molecule has 1 amide bonds. The minimum absolute atomic E-state index is 0.108. The number of amides is 1. The van der Waals surface area contributed by atoms with E-state index < -0.39 is 0 Å². The minimum atomic E-state index is -0.358. The summed E-state index contributed by atoms with van der Waals surface area (Å²) < 4.78 is 15.8. The van der Waals surface area contributed by atoms with Gasteiger partial charge in [0.15, 0.2) is 6.29 Å². The highest BCUT2D eigenvalue weighted by Gasteiger charge is 2.24. The predicted octanol–water partition coefficient (Wildman–Crippen LogP) is 0.638. The lowest BCUT2D eigenvalue weighted by molar-refractivity contribution is -0.172. The lowest BCUT2D eigenvalue weighted by Gasteiger charge is -2.23. The van der Waals surface area contributed by atoms with Crippen molar-refractivity contribution >= 4 is 6.09 Å². The Morgan fingerprint density at radius 2 is 2.43 bits per heavy atom. The zero-order chi connectivity index (χ0) is 9.80. The molecule has 0 radical (unpaired) electrons. The van der Waals surface area contributed by atoms with E-state index in [0.29, 0.717) is 13.2 Å². The Morgan fingerprint density at radius 3 is 3.07 bits per heavy atom. The van der Waals surface area contributed by atoms with Crippen molar-refractivity contribution in [1.82, 2.24) is 5.32 Å². The Balaban J connectivity index is 1.63. The van der Waals surface area contributed by atoms with Crippen LogP contribution in [0.1, 0.15) is 19.3 Å². The predicted molar refractivity (Wildman–Crippen MR) is 47.8 cm³/mol. The van der Waals surface area contributed by atoms with Crippen LogP contribution >= 0.6 is 0 Å². The van der Waals surface area contributed by atoms with Gasteiger partial charge in [-0.2, -0.15) is 0 Å². The maximum Gasteiger partial charge on any atom is 0.407 e. The highest BCUT2D eigenvalue weighted by atomic mass is 16.7. The number of carbonyl (C=O) groups excluding carboxylic acids is 1. The first-order valence-electron chi connectivity index (χ1n) is 5.02. The zero-order valence-electron chi connectivity index (χ0n) is 8.03. The lowest BCUT2D eigenvalue weighted by atomic mass is 10.2. The van der Waals surface area contributed by atoms with Crippen molar-refractivity contribution in [3.8, 4) is 0 Å². The summed E-state index contributed by atoms with van der Waals surface area (Å²) in [5.41, 5.74) is 0. The summed E-state index contributed by atoms with van der Waals surface area (Å²) in [6.45, 7) is 1.72. The van der Waals surface area contributed by atoms with Gasteiger partial charge in [0.2, 0.25) is 0 Å². The first-order chi connectivity index (χ1) is 6.84. The molecule has 0 aromatic rings. The molecule has 0 aromatic heterocycles. The Kier molecular flexibility index (Phi) is 3.21. The van der Waals surface area contributed by atoms with E-state index in [1.807, 2.05) is 0 Å². The Labute approximate surface area is 82.7 Å². The molecule has 14 heavy (non-hydrogen) atoms. The summed E-state index contributed by atoms with van der Waals surface area (Å²) in [6.07, 6.45) is 2.57. The topological polar surface area (TPSA) is 56.8 Å². The molecule has 2 aliphatic rings. The fraction of sp³-hybridized carbons (Fsp3) is 0.889. The van der Waals surface area contributed by atoms with E-state index in [4.69, 9.17) is 14.2 Å². The average molecular weight is 201 g/mol. The third-order valence-electron chi connectivity index (χ3n) is 2.35. The molecular formula is C9H15NO4. The smallest absolute Gasteiger partial charge is 0.407 e. The maximum absolute atomic E-state index is 10.7. The Hall–Kier alpha value is -0.810. The normalized spacial score (nSPS) is 32.4. The number of hydrogen-bond donors (Lipinski definition) is 1. The molecule has 2 fully saturated rings. The second-order valence-corrected chi connectivity index (χ2v) is 3.54. The number of rotatable bonds is 3. The molecule has 0 aromatic carbocycles. The van der Waals surface area contributed by atoms with Gasteiger partial charge in [0.25, 0.3) is 0 Å². The molecule has 5 nitrogen and oxygen atoms in total. The van der Waals surface area contributed by atoms with Crippen LogP contribution in [0, 0.1) is 0 Å². The molecule has 2 atom stereocenters. The van der Waals surface area contributed by atoms with Crippen molar-refractivity contribution in [3.63, 3.8) is 0 Å². The first kappa shape index (κ1) is 9.73.